The summed E-state index contributed by atoms with van der Waals surface area (Å²) in [5.41, 5.74) is 0.716. The normalized spacial score (nSPS) is 9.71. The van der Waals surface area contributed by atoms with E-state index in [4.69, 9.17) is 0 Å². The van der Waals surface area contributed by atoms with E-state index in [1.165, 1.54) is 12.1 Å². The SMILES string of the molecule is CCCNC(=O)CNc1ccc([N+](=O)[O-])cc1. The van der Waals surface area contributed by atoms with Crippen molar-refractivity contribution >= 4 is 17.3 Å². The van der Waals surface area contributed by atoms with Gasteiger partial charge in [0, 0.05) is 24.4 Å². The Kier molecular flexibility index (Phi) is 4.93. The third-order valence-corrected chi connectivity index (χ3v) is 2.10. The standard InChI is InChI=1S/C11H15N3O3/c1-2-7-12-11(15)8-13-9-3-5-10(6-4-9)14(16)17/h3-6,13H,2,7-8H2,1H3,(H,12,15). The number of nitro groups is 1. The lowest BCUT2D eigenvalue weighted by atomic mass is 10.3. The molecule has 6 heteroatoms. The molecule has 6 nitrogen and oxygen atoms in total. The molecule has 0 radical (unpaired) electrons. The molecule has 0 heterocycles. The first kappa shape index (κ1) is 13.0. The highest BCUT2D eigenvalue weighted by molar-refractivity contribution is 5.80. The molecular weight excluding hydrogens is 222 g/mol. The molecule has 92 valence electrons. The molecule has 0 bridgehead atoms. The van der Waals surface area contributed by atoms with Crippen LogP contribution in [0.25, 0.3) is 0 Å². The molecule has 0 aromatic heterocycles. The van der Waals surface area contributed by atoms with Gasteiger partial charge in [0.2, 0.25) is 5.91 Å². The highest BCUT2D eigenvalue weighted by atomic mass is 16.6. The molecule has 0 spiro atoms. The van der Waals surface area contributed by atoms with Crippen LogP contribution in [0.4, 0.5) is 11.4 Å². The number of amides is 1. The van der Waals surface area contributed by atoms with Gasteiger partial charge in [0.05, 0.1) is 11.5 Å². The van der Waals surface area contributed by atoms with E-state index in [0.717, 1.165) is 6.42 Å². The van der Waals surface area contributed by atoms with Gasteiger partial charge in [-0.1, -0.05) is 6.92 Å². The maximum Gasteiger partial charge on any atom is 0.269 e. The first-order valence-corrected chi connectivity index (χ1v) is 5.38. The van der Waals surface area contributed by atoms with Crippen LogP contribution in [0.5, 0.6) is 0 Å². The van der Waals surface area contributed by atoms with Gasteiger partial charge >= 0.3 is 0 Å². The number of rotatable bonds is 6. The van der Waals surface area contributed by atoms with Crippen molar-refractivity contribution in [1.29, 1.82) is 0 Å². The van der Waals surface area contributed by atoms with Crippen molar-refractivity contribution in [3.05, 3.63) is 34.4 Å². The zero-order valence-electron chi connectivity index (χ0n) is 9.60. The summed E-state index contributed by atoms with van der Waals surface area (Å²) < 4.78 is 0. The summed E-state index contributed by atoms with van der Waals surface area (Å²) in [4.78, 5) is 21.2. The number of anilines is 1. The van der Waals surface area contributed by atoms with Gasteiger partial charge in [0.25, 0.3) is 5.69 Å². The number of non-ortho nitro benzene ring substituents is 1. The number of hydrogen-bond acceptors (Lipinski definition) is 4. The van der Waals surface area contributed by atoms with Crippen LogP contribution in [0.2, 0.25) is 0 Å². The lowest BCUT2D eigenvalue weighted by molar-refractivity contribution is -0.384. The molecule has 0 atom stereocenters. The van der Waals surface area contributed by atoms with Gasteiger partial charge < -0.3 is 10.6 Å². The van der Waals surface area contributed by atoms with Gasteiger partial charge in [0.15, 0.2) is 0 Å². The minimum atomic E-state index is -0.461. The van der Waals surface area contributed by atoms with Crippen LogP contribution in [0.3, 0.4) is 0 Å². The number of carbonyl (C=O) groups excluding carboxylic acids is 1. The number of carbonyl (C=O) groups is 1. The number of nitrogens with zero attached hydrogens (tertiary/aromatic N) is 1. The smallest absolute Gasteiger partial charge is 0.269 e. The lowest BCUT2D eigenvalue weighted by Crippen LogP contribution is -2.30. The largest absolute Gasteiger partial charge is 0.376 e. The third kappa shape index (κ3) is 4.50. The quantitative estimate of drug-likeness (QED) is 0.580. The van der Waals surface area contributed by atoms with Crippen molar-refractivity contribution in [2.75, 3.05) is 18.4 Å². The minimum absolute atomic E-state index is 0.0333. The summed E-state index contributed by atoms with van der Waals surface area (Å²) in [5, 5.41) is 16.0. The molecular formula is C11H15N3O3. The van der Waals surface area contributed by atoms with Crippen molar-refractivity contribution in [2.24, 2.45) is 0 Å². The van der Waals surface area contributed by atoms with Crippen molar-refractivity contribution in [3.8, 4) is 0 Å². The fourth-order valence-electron chi connectivity index (χ4n) is 1.21. The van der Waals surface area contributed by atoms with E-state index in [1.807, 2.05) is 6.92 Å². The molecule has 0 unspecified atom stereocenters. The molecule has 0 aliphatic rings. The maximum absolute atomic E-state index is 11.3. The van der Waals surface area contributed by atoms with Gasteiger partial charge in [-0.05, 0) is 18.6 Å². The van der Waals surface area contributed by atoms with Crippen LogP contribution in [0.1, 0.15) is 13.3 Å². The van der Waals surface area contributed by atoms with E-state index >= 15 is 0 Å². The summed E-state index contributed by atoms with van der Waals surface area (Å²) in [5.74, 6) is -0.0924. The molecule has 17 heavy (non-hydrogen) atoms. The number of nitro benzene ring substituents is 1. The monoisotopic (exact) mass is 237 g/mol. The molecule has 1 aromatic rings. The molecule has 0 aliphatic heterocycles. The van der Waals surface area contributed by atoms with Crippen LogP contribution < -0.4 is 10.6 Å². The summed E-state index contributed by atoms with van der Waals surface area (Å²) in [6.45, 7) is 2.79. The van der Waals surface area contributed by atoms with Gasteiger partial charge in [-0.25, -0.2) is 0 Å². The zero-order chi connectivity index (χ0) is 12.7. The predicted molar refractivity (Wildman–Crippen MR) is 64.9 cm³/mol. The van der Waals surface area contributed by atoms with Gasteiger partial charge in [-0.15, -0.1) is 0 Å². The van der Waals surface area contributed by atoms with E-state index in [2.05, 4.69) is 10.6 Å². The maximum atomic E-state index is 11.3. The molecule has 0 aliphatic carbocycles. The zero-order valence-corrected chi connectivity index (χ0v) is 9.60. The fraction of sp³-hybridized carbons (Fsp3) is 0.364. The highest BCUT2D eigenvalue weighted by Crippen LogP contribution is 2.14. The average Bonchev–Trinajstić information content (AvgIpc) is 2.34. The van der Waals surface area contributed by atoms with E-state index < -0.39 is 4.92 Å². The Labute approximate surface area is 99.2 Å². The lowest BCUT2D eigenvalue weighted by Gasteiger charge is -2.06. The van der Waals surface area contributed by atoms with Crippen LogP contribution in [-0.2, 0) is 4.79 Å². The summed E-state index contributed by atoms with van der Waals surface area (Å²) in [6.07, 6.45) is 0.892. The first-order valence-electron chi connectivity index (χ1n) is 5.38. The third-order valence-electron chi connectivity index (χ3n) is 2.10. The van der Waals surface area contributed by atoms with Crippen LogP contribution in [-0.4, -0.2) is 23.9 Å². The Bertz CT molecular complexity index is 389. The van der Waals surface area contributed by atoms with Crippen LogP contribution >= 0.6 is 0 Å². The average molecular weight is 237 g/mol. The van der Waals surface area contributed by atoms with Crippen molar-refractivity contribution in [2.45, 2.75) is 13.3 Å². The molecule has 0 saturated carbocycles. The van der Waals surface area contributed by atoms with E-state index in [9.17, 15) is 14.9 Å². The van der Waals surface area contributed by atoms with Crippen molar-refractivity contribution in [3.63, 3.8) is 0 Å². The molecule has 2 N–H and O–H groups in total. The van der Waals surface area contributed by atoms with Crippen LogP contribution in [0, 0.1) is 10.1 Å². The summed E-state index contributed by atoms with van der Waals surface area (Å²) in [7, 11) is 0. The second kappa shape index (κ2) is 6.47. The molecule has 1 amide bonds. The first-order chi connectivity index (χ1) is 8.13. The Morgan fingerprint density at radius 2 is 2.00 bits per heavy atom. The van der Waals surface area contributed by atoms with Gasteiger partial charge in [-0.2, -0.15) is 0 Å². The molecule has 0 fully saturated rings. The second-order valence-corrected chi connectivity index (χ2v) is 3.51. The van der Waals surface area contributed by atoms with E-state index in [0.29, 0.717) is 12.2 Å². The Hall–Kier alpha value is -2.11. The van der Waals surface area contributed by atoms with Crippen molar-refractivity contribution < 1.29 is 9.72 Å². The van der Waals surface area contributed by atoms with E-state index in [1.54, 1.807) is 12.1 Å². The fourth-order valence-corrected chi connectivity index (χ4v) is 1.21. The van der Waals surface area contributed by atoms with Crippen molar-refractivity contribution in [1.82, 2.24) is 5.32 Å². The van der Waals surface area contributed by atoms with Gasteiger partial charge in [0.1, 0.15) is 0 Å². The Balaban J connectivity index is 2.42. The highest BCUT2D eigenvalue weighted by Gasteiger charge is 2.04. The molecule has 1 aromatic carbocycles. The molecule has 0 saturated heterocycles. The summed E-state index contributed by atoms with van der Waals surface area (Å²) >= 11 is 0. The predicted octanol–water partition coefficient (Wildman–Crippen LogP) is 1.53. The van der Waals surface area contributed by atoms with Gasteiger partial charge in [-0.3, -0.25) is 14.9 Å². The van der Waals surface area contributed by atoms with E-state index in [-0.39, 0.29) is 18.1 Å². The number of nitrogens with one attached hydrogen (secondary N) is 2. The minimum Gasteiger partial charge on any atom is -0.376 e. The topological polar surface area (TPSA) is 84.3 Å². The Morgan fingerprint density at radius 1 is 1.35 bits per heavy atom. The number of hydrogen-bond donors (Lipinski definition) is 2. The second-order valence-electron chi connectivity index (χ2n) is 3.51. The Morgan fingerprint density at radius 3 is 2.53 bits per heavy atom. The summed E-state index contributed by atoms with van der Waals surface area (Å²) in [6, 6.07) is 5.94. The van der Waals surface area contributed by atoms with Crippen LogP contribution in [0.15, 0.2) is 24.3 Å². The molecule has 1 rings (SSSR count). The number of benzene rings is 1.